The van der Waals surface area contributed by atoms with Gasteiger partial charge < -0.3 is 15.5 Å². The number of aryl methyl sites for hydroxylation is 1. The highest BCUT2D eigenvalue weighted by Crippen LogP contribution is 2.09. The third kappa shape index (κ3) is 6.75. The summed E-state index contributed by atoms with van der Waals surface area (Å²) in [7, 11) is 1.65. The third-order valence-electron chi connectivity index (χ3n) is 3.56. The van der Waals surface area contributed by atoms with Gasteiger partial charge in [0.05, 0.1) is 18.2 Å². The van der Waals surface area contributed by atoms with E-state index in [1.807, 2.05) is 25.1 Å². The minimum absolute atomic E-state index is 0.130. The summed E-state index contributed by atoms with van der Waals surface area (Å²) in [5, 5.41) is 21.3. The summed E-state index contributed by atoms with van der Waals surface area (Å²) in [6, 6.07) is 4.60. The summed E-state index contributed by atoms with van der Waals surface area (Å²) in [4.78, 5) is 29.2. The van der Waals surface area contributed by atoms with E-state index in [0.29, 0.717) is 13.0 Å². The SMILES string of the molecule is CCC(O)CNC(=O)CC(C(=O)O)N(C)Cc1cccc(C)n1. The monoisotopic (exact) mass is 323 g/mol. The quantitative estimate of drug-likeness (QED) is 0.613. The summed E-state index contributed by atoms with van der Waals surface area (Å²) >= 11 is 0. The number of carboxylic acids is 1. The van der Waals surface area contributed by atoms with E-state index in [9.17, 15) is 19.8 Å². The number of rotatable bonds is 9. The molecule has 0 aliphatic rings. The molecule has 7 heteroatoms. The van der Waals surface area contributed by atoms with Crippen molar-refractivity contribution >= 4 is 11.9 Å². The third-order valence-corrected chi connectivity index (χ3v) is 3.56. The number of carbonyl (C=O) groups is 2. The number of carboxylic acid groups (broad SMARTS) is 1. The Labute approximate surface area is 136 Å². The molecule has 128 valence electrons. The minimum Gasteiger partial charge on any atom is -0.480 e. The smallest absolute Gasteiger partial charge is 0.321 e. The maximum absolute atomic E-state index is 11.9. The Morgan fingerprint density at radius 3 is 2.65 bits per heavy atom. The van der Waals surface area contributed by atoms with Gasteiger partial charge in [0.1, 0.15) is 6.04 Å². The van der Waals surface area contributed by atoms with Crippen LogP contribution in [0.4, 0.5) is 0 Å². The maximum Gasteiger partial charge on any atom is 0.321 e. The number of likely N-dealkylation sites (N-methyl/N-ethyl adjacent to an activating group) is 1. The number of aliphatic hydroxyl groups is 1. The van der Waals surface area contributed by atoms with E-state index in [2.05, 4.69) is 10.3 Å². The van der Waals surface area contributed by atoms with Crippen LogP contribution in [0.2, 0.25) is 0 Å². The molecule has 23 heavy (non-hydrogen) atoms. The van der Waals surface area contributed by atoms with Crippen LogP contribution in [0.5, 0.6) is 0 Å². The highest BCUT2D eigenvalue weighted by Gasteiger charge is 2.26. The largest absolute Gasteiger partial charge is 0.480 e. The molecular weight excluding hydrogens is 298 g/mol. The number of carbonyl (C=O) groups excluding carboxylic acids is 1. The molecule has 1 heterocycles. The second kappa shape index (κ2) is 9.22. The number of nitrogens with zero attached hydrogens (tertiary/aromatic N) is 2. The molecule has 0 aliphatic carbocycles. The van der Waals surface area contributed by atoms with E-state index in [0.717, 1.165) is 11.4 Å². The van der Waals surface area contributed by atoms with Gasteiger partial charge in [0.15, 0.2) is 0 Å². The molecule has 0 aromatic carbocycles. The van der Waals surface area contributed by atoms with Crippen LogP contribution in [0.3, 0.4) is 0 Å². The van der Waals surface area contributed by atoms with Gasteiger partial charge >= 0.3 is 5.97 Å². The van der Waals surface area contributed by atoms with Crippen molar-refractivity contribution in [1.29, 1.82) is 0 Å². The van der Waals surface area contributed by atoms with E-state index < -0.39 is 24.0 Å². The van der Waals surface area contributed by atoms with Crippen molar-refractivity contribution in [1.82, 2.24) is 15.2 Å². The van der Waals surface area contributed by atoms with Gasteiger partial charge in [-0.15, -0.1) is 0 Å². The van der Waals surface area contributed by atoms with Crippen molar-refractivity contribution in [2.75, 3.05) is 13.6 Å². The van der Waals surface area contributed by atoms with Crippen LogP contribution in [-0.4, -0.2) is 57.7 Å². The van der Waals surface area contributed by atoms with Gasteiger partial charge in [0, 0.05) is 18.8 Å². The average molecular weight is 323 g/mol. The van der Waals surface area contributed by atoms with Gasteiger partial charge in [-0.05, 0) is 32.5 Å². The van der Waals surface area contributed by atoms with Crippen LogP contribution in [0.1, 0.15) is 31.2 Å². The van der Waals surface area contributed by atoms with E-state index in [-0.39, 0.29) is 13.0 Å². The fourth-order valence-electron chi connectivity index (χ4n) is 2.11. The number of pyridine rings is 1. The number of nitrogens with one attached hydrogen (secondary N) is 1. The van der Waals surface area contributed by atoms with Crippen LogP contribution < -0.4 is 5.32 Å². The number of hydrogen-bond donors (Lipinski definition) is 3. The van der Waals surface area contributed by atoms with E-state index >= 15 is 0 Å². The predicted octanol–water partition coefficient (Wildman–Crippen LogP) is 0.552. The lowest BCUT2D eigenvalue weighted by Crippen LogP contribution is -2.43. The maximum atomic E-state index is 11.9. The first-order valence-corrected chi connectivity index (χ1v) is 7.63. The van der Waals surface area contributed by atoms with E-state index in [4.69, 9.17) is 0 Å². The molecule has 1 aromatic heterocycles. The van der Waals surface area contributed by atoms with Crippen LogP contribution in [-0.2, 0) is 16.1 Å². The summed E-state index contributed by atoms with van der Waals surface area (Å²) < 4.78 is 0. The molecule has 0 spiro atoms. The zero-order chi connectivity index (χ0) is 17.4. The second-order valence-corrected chi connectivity index (χ2v) is 5.61. The van der Waals surface area contributed by atoms with Gasteiger partial charge in [-0.1, -0.05) is 13.0 Å². The van der Waals surface area contributed by atoms with E-state index in [1.165, 1.54) is 0 Å². The number of aliphatic carboxylic acids is 1. The van der Waals surface area contributed by atoms with Crippen molar-refractivity contribution in [3.05, 3.63) is 29.6 Å². The lowest BCUT2D eigenvalue weighted by atomic mass is 10.1. The predicted molar refractivity (Wildman–Crippen MR) is 85.8 cm³/mol. The molecule has 0 aliphatic heterocycles. The van der Waals surface area contributed by atoms with Gasteiger partial charge in [-0.2, -0.15) is 0 Å². The average Bonchev–Trinajstić information content (AvgIpc) is 2.49. The van der Waals surface area contributed by atoms with Gasteiger partial charge in [0.25, 0.3) is 0 Å². The molecule has 1 aromatic rings. The Morgan fingerprint density at radius 2 is 2.09 bits per heavy atom. The van der Waals surface area contributed by atoms with Gasteiger partial charge in [0.2, 0.25) is 5.91 Å². The highest BCUT2D eigenvalue weighted by molar-refractivity contribution is 5.84. The molecule has 1 amide bonds. The van der Waals surface area contributed by atoms with Crippen molar-refractivity contribution in [2.24, 2.45) is 0 Å². The summed E-state index contributed by atoms with van der Waals surface area (Å²) in [6.07, 6.45) is -0.258. The van der Waals surface area contributed by atoms with Crippen molar-refractivity contribution in [3.8, 4) is 0 Å². The molecule has 1 rings (SSSR count). The lowest BCUT2D eigenvalue weighted by Gasteiger charge is -2.24. The highest BCUT2D eigenvalue weighted by atomic mass is 16.4. The van der Waals surface area contributed by atoms with Crippen LogP contribution in [0, 0.1) is 6.92 Å². The van der Waals surface area contributed by atoms with Crippen LogP contribution in [0.25, 0.3) is 0 Å². The topological polar surface area (TPSA) is 103 Å². The van der Waals surface area contributed by atoms with Crippen molar-refractivity contribution in [3.63, 3.8) is 0 Å². The molecule has 0 radical (unpaired) electrons. The molecule has 0 fully saturated rings. The summed E-state index contributed by atoms with van der Waals surface area (Å²) in [5.74, 6) is -1.46. The molecule has 0 bridgehead atoms. The summed E-state index contributed by atoms with van der Waals surface area (Å²) in [5.41, 5.74) is 1.61. The van der Waals surface area contributed by atoms with Crippen LogP contribution in [0.15, 0.2) is 18.2 Å². The molecule has 0 saturated heterocycles. The fraction of sp³-hybridized carbons (Fsp3) is 0.562. The molecular formula is C16H25N3O4. The van der Waals surface area contributed by atoms with Crippen LogP contribution >= 0.6 is 0 Å². The van der Waals surface area contributed by atoms with Gasteiger partial charge in [-0.25, -0.2) is 0 Å². The minimum atomic E-state index is -1.06. The fourth-order valence-corrected chi connectivity index (χ4v) is 2.11. The first-order valence-electron chi connectivity index (χ1n) is 7.63. The Balaban J connectivity index is 2.63. The Morgan fingerprint density at radius 1 is 1.39 bits per heavy atom. The number of hydrogen-bond acceptors (Lipinski definition) is 5. The Bertz CT molecular complexity index is 536. The lowest BCUT2D eigenvalue weighted by molar-refractivity contribution is -0.145. The van der Waals surface area contributed by atoms with Crippen molar-refractivity contribution < 1.29 is 19.8 Å². The zero-order valence-electron chi connectivity index (χ0n) is 13.8. The molecule has 7 nitrogen and oxygen atoms in total. The second-order valence-electron chi connectivity index (χ2n) is 5.61. The Hall–Kier alpha value is -1.99. The summed E-state index contributed by atoms with van der Waals surface area (Å²) in [6.45, 7) is 4.14. The van der Waals surface area contributed by atoms with Gasteiger partial charge in [-0.3, -0.25) is 19.5 Å². The zero-order valence-corrected chi connectivity index (χ0v) is 13.8. The van der Waals surface area contributed by atoms with E-state index in [1.54, 1.807) is 18.9 Å². The normalized spacial score (nSPS) is 13.6. The Kier molecular flexibility index (Phi) is 7.64. The molecule has 0 saturated carbocycles. The van der Waals surface area contributed by atoms with Crippen molar-refractivity contribution in [2.45, 2.75) is 45.4 Å². The number of amides is 1. The molecule has 2 unspecified atom stereocenters. The first kappa shape index (κ1) is 19.1. The first-order chi connectivity index (χ1) is 10.8. The number of aliphatic hydroxyl groups excluding tert-OH is 1. The standard InChI is InChI=1S/C16H25N3O4/c1-4-13(20)9-17-15(21)8-14(16(22)23)19(3)10-12-7-5-6-11(2)18-12/h5-7,13-14,20H,4,8-10H2,1-3H3,(H,17,21)(H,22,23). The molecule has 2 atom stereocenters. The number of aromatic nitrogens is 1. The molecule has 3 N–H and O–H groups in total.